The second-order valence-electron chi connectivity index (χ2n) is 5.53. The molecule has 1 amide bonds. The van der Waals surface area contributed by atoms with Crippen LogP contribution in [0, 0.1) is 11.3 Å². The molecule has 1 fully saturated rings. The first kappa shape index (κ1) is 17.0. The highest BCUT2D eigenvalue weighted by atomic mass is 32.1. The Bertz CT molecular complexity index is 826. The number of methoxy groups -OCH3 is 1. The van der Waals surface area contributed by atoms with Gasteiger partial charge in [0, 0.05) is 12.6 Å². The SMILES string of the molecule is COc1cc(C#N)ccc1OC(=O)C1CCCN1C(=O)c1cccs1. The Hall–Kier alpha value is -2.85. The number of benzene rings is 1. The summed E-state index contributed by atoms with van der Waals surface area (Å²) in [6.07, 6.45) is 1.32. The van der Waals surface area contributed by atoms with E-state index in [1.807, 2.05) is 17.5 Å². The highest BCUT2D eigenvalue weighted by Gasteiger charge is 2.36. The van der Waals surface area contributed by atoms with E-state index in [2.05, 4.69) is 0 Å². The second kappa shape index (κ2) is 7.36. The standard InChI is InChI=1S/C18H16N2O4S/c1-23-15-10-12(11-19)6-7-14(15)24-18(22)13-4-2-8-20(13)17(21)16-5-3-9-25-16/h3,5-7,9-10,13H,2,4,8H2,1H3. The Morgan fingerprint density at radius 3 is 2.84 bits per heavy atom. The summed E-state index contributed by atoms with van der Waals surface area (Å²) in [5.74, 6) is -0.102. The number of carbonyl (C=O) groups excluding carboxylic acids is 2. The van der Waals surface area contributed by atoms with Crippen molar-refractivity contribution in [3.05, 3.63) is 46.2 Å². The number of nitriles is 1. The van der Waals surface area contributed by atoms with Gasteiger partial charge in [-0.15, -0.1) is 11.3 Å². The molecule has 128 valence electrons. The Balaban J connectivity index is 1.76. The normalized spacial score (nSPS) is 16.3. The van der Waals surface area contributed by atoms with Crippen molar-refractivity contribution in [1.82, 2.24) is 4.90 Å². The fourth-order valence-corrected chi connectivity index (χ4v) is 3.47. The molecular weight excluding hydrogens is 340 g/mol. The first-order chi connectivity index (χ1) is 12.1. The molecule has 1 saturated heterocycles. The zero-order valence-electron chi connectivity index (χ0n) is 13.6. The van der Waals surface area contributed by atoms with Crippen LogP contribution in [-0.2, 0) is 4.79 Å². The van der Waals surface area contributed by atoms with Gasteiger partial charge in [0.15, 0.2) is 11.5 Å². The van der Waals surface area contributed by atoms with Gasteiger partial charge in [0.05, 0.1) is 23.6 Å². The van der Waals surface area contributed by atoms with Gasteiger partial charge in [0.1, 0.15) is 6.04 Å². The van der Waals surface area contributed by atoms with Gasteiger partial charge in [-0.3, -0.25) is 4.79 Å². The third-order valence-electron chi connectivity index (χ3n) is 4.02. The molecule has 25 heavy (non-hydrogen) atoms. The van der Waals surface area contributed by atoms with Gasteiger partial charge < -0.3 is 14.4 Å². The predicted octanol–water partition coefficient (Wildman–Crippen LogP) is 2.84. The van der Waals surface area contributed by atoms with Crippen molar-refractivity contribution in [3.8, 4) is 17.6 Å². The van der Waals surface area contributed by atoms with Crippen LogP contribution in [0.1, 0.15) is 28.1 Å². The summed E-state index contributed by atoms with van der Waals surface area (Å²) in [6, 6.07) is 9.52. The molecule has 6 nitrogen and oxygen atoms in total. The van der Waals surface area contributed by atoms with E-state index in [0.717, 1.165) is 6.42 Å². The first-order valence-corrected chi connectivity index (χ1v) is 8.66. The summed E-state index contributed by atoms with van der Waals surface area (Å²) in [7, 11) is 1.44. The molecule has 1 unspecified atom stereocenters. The Morgan fingerprint density at radius 1 is 1.32 bits per heavy atom. The molecule has 0 saturated carbocycles. The second-order valence-corrected chi connectivity index (χ2v) is 6.48. The molecule has 1 aromatic carbocycles. The maximum atomic E-state index is 12.6. The van der Waals surface area contributed by atoms with E-state index in [-0.39, 0.29) is 11.7 Å². The Morgan fingerprint density at radius 2 is 2.16 bits per heavy atom. The maximum Gasteiger partial charge on any atom is 0.334 e. The summed E-state index contributed by atoms with van der Waals surface area (Å²) in [5.41, 5.74) is 0.409. The van der Waals surface area contributed by atoms with Gasteiger partial charge >= 0.3 is 5.97 Å². The lowest BCUT2D eigenvalue weighted by atomic mass is 10.2. The lowest BCUT2D eigenvalue weighted by Crippen LogP contribution is -2.42. The van der Waals surface area contributed by atoms with Crippen molar-refractivity contribution in [3.63, 3.8) is 0 Å². The van der Waals surface area contributed by atoms with Gasteiger partial charge in [-0.2, -0.15) is 5.26 Å². The fourth-order valence-electron chi connectivity index (χ4n) is 2.79. The molecule has 0 radical (unpaired) electrons. The average Bonchev–Trinajstić information content (AvgIpc) is 3.33. The van der Waals surface area contributed by atoms with Crippen molar-refractivity contribution in [2.75, 3.05) is 13.7 Å². The summed E-state index contributed by atoms with van der Waals surface area (Å²) in [4.78, 5) is 27.3. The zero-order valence-corrected chi connectivity index (χ0v) is 14.4. The highest BCUT2D eigenvalue weighted by molar-refractivity contribution is 7.12. The van der Waals surface area contributed by atoms with E-state index in [1.54, 1.807) is 17.0 Å². The number of nitrogens with zero attached hydrogens (tertiary/aromatic N) is 2. The molecule has 0 spiro atoms. The summed E-state index contributed by atoms with van der Waals surface area (Å²) in [5, 5.41) is 10.8. The number of likely N-dealkylation sites (tertiary alicyclic amines) is 1. The largest absolute Gasteiger partial charge is 0.493 e. The molecule has 0 N–H and O–H groups in total. The molecule has 1 aromatic heterocycles. The minimum atomic E-state index is -0.616. The van der Waals surface area contributed by atoms with Crippen LogP contribution < -0.4 is 9.47 Å². The van der Waals surface area contributed by atoms with Crippen molar-refractivity contribution < 1.29 is 19.1 Å². The van der Waals surface area contributed by atoms with E-state index in [0.29, 0.717) is 29.2 Å². The van der Waals surface area contributed by atoms with Crippen LogP contribution in [0.4, 0.5) is 0 Å². The van der Waals surface area contributed by atoms with Crippen LogP contribution in [0.3, 0.4) is 0 Å². The number of carbonyl (C=O) groups is 2. The summed E-state index contributed by atoms with van der Waals surface area (Å²) < 4.78 is 10.6. The summed E-state index contributed by atoms with van der Waals surface area (Å²) in [6.45, 7) is 0.529. The number of amides is 1. The molecule has 2 heterocycles. The number of esters is 1. The molecule has 2 aromatic rings. The zero-order chi connectivity index (χ0) is 17.8. The smallest absolute Gasteiger partial charge is 0.334 e. The van der Waals surface area contributed by atoms with Crippen LogP contribution >= 0.6 is 11.3 Å². The molecule has 0 bridgehead atoms. The van der Waals surface area contributed by atoms with Crippen molar-refractivity contribution >= 4 is 23.2 Å². The van der Waals surface area contributed by atoms with Crippen molar-refractivity contribution in [2.45, 2.75) is 18.9 Å². The quantitative estimate of drug-likeness (QED) is 0.622. The third-order valence-corrected chi connectivity index (χ3v) is 4.88. The van der Waals surface area contributed by atoms with Gasteiger partial charge in [-0.25, -0.2) is 4.79 Å². The van der Waals surface area contributed by atoms with E-state index in [4.69, 9.17) is 14.7 Å². The molecular formula is C18H16N2O4S. The number of rotatable bonds is 4. The molecule has 1 atom stereocenters. The minimum absolute atomic E-state index is 0.152. The topological polar surface area (TPSA) is 79.6 Å². The van der Waals surface area contributed by atoms with E-state index < -0.39 is 12.0 Å². The monoisotopic (exact) mass is 356 g/mol. The van der Waals surface area contributed by atoms with Crippen LogP contribution in [0.25, 0.3) is 0 Å². The number of hydrogen-bond acceptors (Lipinski definition) is 6. The summed E-state index contributed by atoms with van der Waals surface area (Å²) >= 11 is 1.35. The number of ether oxygens (including phenoxy) is 2. The van der Waals surface area contributed by atoms with Gasteiger partial charge in [0.25, 0.3) is 5.91 Å². The van der Waals surface area contributed by atoms with Gasteiger partial charge in [0.2, 0.25) is 0 Å². The van der Waals surface area contributed by atoms with E-state index >= 15 is 0 Å². The molecule has 1 aliphatic rings. The van der Waals surface area contributed by atoms with Crippen LogP contribution in [-0.4, -0.2) is 36.5 Å². The minimum Gasteiger partial charge on any atom is -0.493 e. The van der Waals surface area contributed by atoms with Crippen LogP contribution in [0.5, 0.6) is 11.5 Å². The van der Waals surface area contributed by atoms with Crippen LogP contribution in [0.15, 0.2) is 35.7 Å². The Labute approximate surface area is 149 Å². The molecule has 0 aliphatic carbocycles. The highest BCUT2D eigenvalue weighted by Crippen LogP contribution is 2.30. The fraction of sp³-hybridized carbons (Fsp3) is 0.278. The molecule has 7 heteroatoms. The lowest BCUT2D eigenvalue weighted by molar-refractivity contribution is -0.138. The Kier molecular flexibility index (Phi) is 5.00. The maximum absolute atomic E-state index is 12.6. The average molecular weight is 356 g/mol. The van der Waals surface area contributed by atoms with Gasteiger partial charge in [-0.1, -0.05) is 6.07 Å². The predicted molar refractivity (Wildman–Crippen MR) is 91.7 cm³/mol. The van der Waals surface area contributed by atoms with Crippen molar-refractivity contribution in [2.24, 2.45) is 0 Å². The lowest BCUT2D eigenvalue weighted by Gasteiger charge is -2.23. The molecule has 3 rings (SSSR count). The third kappa shape index (κ3) is 3.49. The first-order valence-electron chi connectivity index (χ1n) is 7.78. The number of hydrogen-bond donors (Lipinski definition) is 0. The van der Waals surface area contributed by atoms with Crippen LogP contribution in [0.2, 0.25) is 0 Å². The van der Waals surface area contributed by atoms with Gasteiger partial charge in [-0.05, 0) is 36.4 Å². The van der Waals surface area contributed by atoms with Crippen molar-refractivity contribution in [1.29, 1.82) is 5.26 Å². The van der Waals surface area contributed by atoms with E-state index in [1.165, 1.54) is 30.6 Å². The number of thiophene rings is 1. The molecule has 1 aliphatic heterocycles. The van der Waals surface area contributed by atoms with E-state index in [9.17, 15) is 9.59 Å².